The molecule has 2 aromatic heterocycles. The number of benzene rings is 1. The molecule has 20 heavy (non-hydrogen) atoms. The van der Waals surface area contributed by atoms with Crippen molar-refractivity contribution in [3.05, 3.63) is 50.6 Å². The lowest BCUT2D eigenvalue weighted by Gasteiger charge is -2.08. The number of aromatic carboxylic acids is 1. The topological polar surface area (TPSA) is 50.2 Å². The lowest BCUT2D eigenvalue weighted by molar-refractivity contribution is 0.0699. The van der Waals surface area contributed by atoms with E-state index >= 15 is 0 Å². The number of thiophene rings is 1. The first-order valence-corrected chi connectivity index (χ1v) is 7.32. The average Bonchev–Trinajstić information content (AvgIpc) is 2.96. The van der Waals surface area contributed by atoms with Gasteiger partial charge < -0.3 is 5.11 Å². The maximum absolute atomic E-state index is 11.4. The summed E-state index contributed by atoms with van der Waals surface area (Å²) in [6.45, 7) is 0. The van der Waals surface area contributed by atoms with Gasteiger partial charge in [-0.3, -0.25) is 0 Å². The van der Waals surface area contributed by atoms with Gasteiger partial charge in [-0.25, -0.2) is 9.78 Å². The van der Waals surface area contributed by atoms with Crippen LogP contribution in [0.4, 0.5) is 0 Å². The molecule has 0 saturated heterocycles. The van der Waals surface area contributed by atoms with Gasteiger partial charge in [0.1, 0.15) is 0 Å². The van der Waals surface area contributed by atoms with E-state index in [2.05, 4.69) is 4.98 Å². The van der Waals surface area contributed by atoms with E-state index < -0.39 is 5.97 Å². The second-order valence-electron chi connectivity index (χ2n) is 4.13. The lowest BCUT2D eigenvalue weighted by atomic mass is 10.1. The molecule has 1 aromatic carbocycles. The molecular formula is C14H7Cl2NO2S. The first kappa shape index (κ1) is 13.4. The minimum absolute atomic E-state index is 0.162. The number of hydrogen-bond donors (Lipinski definition) is 1. The monoisotopic (exact) mass is 323 g/mol. The highest BCUT2D eigenvalue weighted by Crippen LogP contribution is 2.34. The Bertz CT molecular complexity index is 816. The molecule has 0 aliphatic carbocycles. The molecule has 0 atom stereocenters. The molecule has 0 amide bonds. The molecule has 3 aromatic rings. The predicted octanol–water partition coefficient (Wildman–Crippen LogP) is 4.97. The SMILES string of the molecule is O=C(O)c1cc(-c2ccsc2)nc2c(Cl)c(Cl)ccc12. The van der Waals surface area contributed by atoms with Gasteiger partial charge in [-0.1, -0.05) is 29.3 Å². The van der Waals surface area contributed by atoms with Crippen LogP contribution in [-0.2, 0) is 0 Å². The van der Waals surface area contributed by atoms with Crippen LogP contribution >= 0.6 is 34.5 Å². The average molecular weight is 324 g/mol. The Hall–Kier alpha value is -1.62. The van der Waals surface area contributed by atoms with Gasteiger partial charge in [0.25, 0.3) is 0 Å². The highest BCUT2D eigenvalue weighted by Gasteiger charge is 2.16. The van der Waals surface area contributed by atoms with Crippen molar-refractivity contribution < 1.29 is 9.90 Å². The maximum Gasteiger partial charge on any atom is 0.336 e. The Labute approximate surface area is 128 Å². The quantitative estimate of drug-likeness (QED) is 0.724. The highest BCUT2D eigenvalue weighted by molar-refractivity contribution is 7.08. The number of fused-ring (bicyclic) bond motifs is 1. The number of nitrogens with zero attached hydrogens (tertiary/aromatic N) is 1. The molecule has 0 aliphatic rings. The van der Waals surface area contributed by atoms with Crippen LogP contribution < -0.4 is 0 Å². The van der Waals surface area contributed by atoms with E-state index in [4.69, 9.17) is 23.2 Å². The van der Waals surface area contributed by atoms with E-state index in [9.17, 15) is 9.90 Å². The van der Waals surface area contributed by atoms with Crippen LogP contribution in [0.25, 0.3) is 22.2 Å². The van der Waals surface area contributed by atoms with Gasteiger partial charge >= 0.3 is 5.97 Å². The summed E-state index contributed by atoms with van der Waals surface area (Å²) in [5, 5.41) is 14.3. The van der Waals surface area contributed by atoms with Crippen molar-refractivity contribution in [3.8, 4) is 11.3 Å². The molecule has 0 saturated carbocycles. The van der Waals surface area contributed by atoms with Crippen molar-refractivity contribution in [2.24, 2.45) is 0 Å². The maximum atomic E-state index is 11.4. The first-order chi connectivity index (χ1) is 9.58. The van der Waals surface area contributed by atoms with E-state index in [0.29, 0.717) is 21.6 Å². The van der Waals surface area contributed by atoms with Gasteiger partial charge in [0.05, 0.1) is 26.8 Å². The fourth-order valence-electron chi connectivity index (χ4n) is 1.97. The Morgan fingerprint density at radius 3 is 2.70 bits per heavy atom. The molecule has 0 spiro atoms. The lowest BCUT2D eigenvalue weighted by Crippen LogP contribution is -2.00. The Balaban J connectivity index is 2.41. The number of carboxylic acid groups (broad SMARTS) is 1. The van der Waals surface area contributed by atoms with Gasteiger partial charge in [-0.15, -0.1) is 0 Å². The number of rotatable bonds is 2. The second-order valence-corrected chi connectivity index (χ2v) is 5.69. The number of carbonyl (C=O) groups is 1. The van der Waals surface area contributed by atoms with Crippen LogP contribution in [0.3, 0.4) is 0 Å². The summed E-state index contributed by atoms with van der Waals surface area (Å²) in [6.07, 6.45) is 0. The summed E-state index contributed by atoms with van der Waals surface area (Å²) in [7, 11) is 0. The van der Waals surface area contributed by atoms with Crippen LogP contribution in [0.2, 0.25) is 10.0 Å². The first-order valence-electron chi connectivity index (χ1n) is 5.62. The number of hydrogen-bond acceptors (Lipinski definition) is 3. The number of pyridine rings is 1. The Morgan fingerprint density at radius 2 is 2.05 bits per heavy atom. The zero-order valence-corrected chi connectivity index (χ0v) is 12.3. The van der Waals surface area contributed by atoms with E-state index in [1.165, 1.54) is 11.3 Å². The zero-order chi connectivity index (χ0) is 14.3. The molecule has 100 valence electrons. The van der Waals surface area contributed by atoms with Crippen molar-refractivity contribution >= 4 is 51.4 Å². The third-order valence-electron chi connectivity index (χ3n) is 2.92. The molecule has 0 fully saturated rings. The second kappa shape index (κ2) is 5.05. The summed E-state index contributed by atoms with van der Waals surface area (Å²) in [5.41, 5.74) is 1.99. The summed E-state index contributed by atoms with van der Waals surface area (Å²) in [4.78, 5) is 15.9. The Kier molecular flexibility index (Phi) is 3.38. The zero-order valence-electron chi connectivity index (χ0n) is 9.93. The number of carboxylic acids is 1. The highest BCUT2D eigenvalue weighted by atomic mass is 35.5. The van der Waals surface area contributed by atoms with E-state index in [-0.39, 0.29) is 10.6 Å². The smallest absolute Gasteiger partial charge is 0.336 e. The van der Waals surface area contributed by atoms with Gasteiger partial charge in [-0.05, 0) is 23.6 Å². The molecule has 6 heteroatoms. The molecule has 1 N–H and O–H groups in total. The predicted molar refractivity (Wildman–Crippen MR) is 82.0 cm³/mol. The van der Waals surface area contributed by atoms with Crippen LogP contribution in [-0.4, -0.2) is 16.1 Å². The van der Waals surface area contributed by atoms with Gasteiger partial charge in [0.15, 0.2) is 0 Å². The molecule has 0 bridgehead atoms. The molecule has 2 heterocycles. The van der Waals surface area contributed by atoms with Crippen molar-refractivity contribution in [3.63, 3.8) is 0 Å². The molecule has 0 unspecified atom stereocenters. The van der Waals surface area contributed by atoms with Crippen LogP contribution in [0.5, 0.6) is 0 Å². The number of halogens is 2. The fourth-order valence-corrected chi connectivity index (χ4v) is 2.98. The molecule has 3 nitrogen and oxygen atoms in total. The minimum atomic E-state index is -1.02. The van der Waals surface area contributed by atoms with E-state index in [0.717, 1.165) is 5.56 Å². The van der Waals surface area contributed by atoms with Gasteiger partial charge in [-0.2, -0.15) is 11.3 Å². The third kappa shape index (κ3) is 2.16. The van der Waals surface area contributed by atoms with Gasteiger partial charge in [0.2, 0.25) is 0 Å². The Morgan fingerprint density at radius 1 is 1.25 bits per heavy atom. The van der Waals surface area contributed by atoms with Crippen molar-refractivity contribution in [1.82, 2.24) is 4.98 Å². The minimum Gasteiger partial charge on any atom is -0.478 e. The largest absolute Gasteiger partial charge is 0.478 e. The van der Waals surface area contributed by atoms with Crippen LogP contribution in [0.15, 0.2) is 35.0 Å². The summed E-state index contributed by atoms with van der Waals surface area (Å²) in [5.74, 6) is -1.02. The summed E-state index contributed by atoms with van der Waals surface area (Å²) < 4.78 is 0. The fraction of sp³-hybridized carbons (Fsp3) is 0. The number of aromatic nitrogens is 1. The molecular weight excluding hydrogens is 317 g/mol. The molecule has 0 aliphatic heterocycles. The normalized spacial score (nSPS) is 10.9. The summed E-state index contributed by atoms with van der Waals surface area (Å²) >= 11 is 13.6. The van der Waals surface area contributed by atoms with Crippen LogP contribution in [0.1, 0.15) is 10.4 Å². The molecule has 3 rings (SSSR count). The van der Waals surface area contributed by atoms with E-state index in [1.807, 2.05) is 16.8 Å². The summed E-state index contributed by atoms with van der Waals surface area (Å²) in [6, 6.07) is 6.63. The standard InChI is InChI=1S/C14H7Cl2NO2S/c15-10-2-1-8-9(14(18)19)5-11(7-3-4-20-6-7)17-13(8)12(10)16/h1-6H,(H,18,19). The molecule has 0 radical (unpaired) electrons. The van der Waals surface area contributed by atoms with Crippen LogP contribution in [0, 0.1) is 0 Å². The van der Waals surface area contributed by atoms with E-state index in [1.54, 1.807) is 18.2 Å². The van der Waals surface area contributed by atoms with Gasteiger partial charge in [0, 0.05) is 16.3 Å². The van der Waals surface area contributed by atoms with Crippen molar-refractivity contribution in [2.45, 2.75) is 0 Å². The third-order valence-corrected chi connectivity index (χ3v) is 4.40. The van der Waals surface area contributed by atoms with Crippen molar-refractivity contribution in [1.29, 1.82) is 0 Å². The van der Waals surface area contributed by atoms with Crippen molar-refractivity contribution in [2.75, 3.05) is 0 Å².